The molecule has 2 heterocycles. The van der Waals surface area contributed by atoms with E-state index in [1.807, 2.05) is 12.1 Å². The summed E-state index contributed by atoms with van der Waals surface area (Å²) in [6, 6.07) is 3.73. The van der Waals surface area contributed by atoms with Gasteiger partial charge in [0.1, 0.15) is 5.69 Å². The Morgan fingerprint density at radius 3 is 2.79 bits per heavy atom. The van der Waals surface area contributed by atoms with Crippen LogP contribution in [0.2, 0.25) is 0 Å². The van der Waals surface area contributed by atoms with Crippen molar-refractivity contribution in [2.45, 2.75) is 39.7 Å². The summed E-state index contributed by atoms with van der Waals surface area (Å²) in [5, 5.41) is 20.7. The van der Waals surface area contributed by atoms with Crippen molar-refractivity contribution in [3.8, 4) is 11.4 Å². The van der Waals surface area contributed by atoms with E-state index in [-0.39, 0.29) is 5.41 Å². The number of aliphatic hydroxyl groups is 1. The van der Waals surface area contributed by atoms with Gasteiger partial charge in [0.15, 0.2) is 0 Å². The maximum Gasteiger partial charge on any atom is 0.131 e. The van der Waals surface area contributed by atoms with Crippen LogP contribution in [0.5, 0.6) is 0 Å². The number of hydrogen-bond acceptors (Lipinski definition) is 4. The van der Waals surface area contributed by atoms with Crippen molar-refractivity contribution in [3.63, 3.8) is 0 Å². The molecule has 102 valence electrons. The molecule has 0 saturated heterocycles. The first-order chi connectivity index (χ1) is 8.97. The Bertz CT molecular complexity index is 516. The molecule has 0 aliphatic heterocycles. The zero-order valence-electron chi connectivity index (χ0n) is 11.6. The third-order valence-electron chi connectivity index (χ3n) is 3.02. The van der Waals surface area contributed by atoms with Gasteiger partial charge in [0.25, 0.3) is 0 Å². The molecule has 0 saturated carbocycles. The Balaban J connectivity index is 2.20. The first kappa shape index (κ1) is 13.7. The third-order valence-corrected chi connectivity index (χ3v) is 3.02. The van der Waals surface area contributed by atoms with Gasteiger partial charge in [0.05, 0.1) is 18.0 Å². The van der Waals surface area contributed by atoms with Gasteiger partial charge in [-0.05, 0) is 24.3 Å². The van der Waals surface area contributed by atoms with Crippen LogP contribution in [0, 0.1) is 5.41 Å². The fraction of sp³-hybridized carbons (Fsp3) is 0.500. The lowest BCUT2D eigenvalue weighted by Crippen LogP contribution is -2.09. The van der Waals surface area contributed by atoms with Crippen molar-refractivity contribution in [2.75, 3.05) is 0 Å². The van der Waals surface area contributed by atoms with Gasteiger partial charge in [0.2, 0.25) is 0 Å². The second-order valence-electron chi connectivity index (χ2n) is 5.91. The third kappa shape index (κ3) is 3.61. The Morgan fingerprint density at radius 2 is 2.16 bits per heavy atom. The number of nitrogens with zero attached hydrogens (tertiary/aromatic N) is 3. The van der Waals surface area contributed by atoms with Gasteiger partial charge in [-0.2, -0.15) is 15.4 Å². The van der Waals surface area contributed by atoms with Crippen LogP contribution in [0.4, 0.5) is 0 Å². The number of rotatable bonds is 4. The molecule has 0 aliphatic rings. The number of aliphatic hydroxyl groups excluding tert-OH is 1. The molecule has 0 amide bonds. The monoisotopic (exact) mass is 260 g/mol. The molecule has 5 heteroatoms. The van der Waals surface area contributed by atoms with Gasteiger partial charge < -0.3 is 5.11 Å². The molecule has 0 fully saturated rings. The fourth-order valence-corrected chi connectivity index (χ4v) is 1.94. The van der Waals surface area contributed by atoms with Gasteiger partial charge in [-0.1, -0.05) is 26.8 Å². The minimum absolute atomic E-state index is 0.206. The molecule has 1 atom stereocenters. The van der Waals surface area contributed by atoms with Gasteiger partial charge in [0, 0.05) is 11.8 Å². The minimum Gasteiger partial charge on any atom is -0.388 e. The molecule has 0 spiro atoms. The first-order valence-electron chi connectivity index (χ1n) is 6.46. The fourth-order valence-electron chi connectivity index (χ4n) is 1.94. The van der Waals surface area contributed by atoms with E-state index in [9.17, 15) is 5.11 Å². The molecule has 5 nitrogen and oxygen atoms in total. The predicted molar refractivity (Wildman–Crippen MR) is 73.3 cm³/mol. The number of pyridine rings is 1. The average Bonchev–Trinajstić information content (AvgIpc) is 2.89. The van der Waals surface area contributed by atoms with E-state index in [2.05, 4.69) is 41.2 Å². The van der Waals surface area contributed by atoms with Gasteiger partial charge in [-0.15, -0.1) is 0 Å². The highest BCUT2D eigenvalue weighted by atomic mass is 16.3. The van der Waals surface area contributed by atoms with Crippen molar-refractivity contribution < 1.29 is 5.11 Å². The number of H-pyrrole nitrogens is 1. The van der Waals surface area contributed by atoms with Crippen molar-refractivity contribution in [3.05, 3.63) is 30.1 Å². The molecule has 0 bridgehead atoms. The predicted octanol–water partition coefficient (Wildman–Crippen LogP) is 2.73. The maximum absolute atomic E-state index is 10.4. The van der Waals surface area contributed by atoms with Gasteiger partial charge in [-0.3, -0.25) is 4.98 Å². The Kier molecular flexibility index (Phi) is 3.95. The highest BCUT2D eigenvalue weighted by Gasteiger charge is 2.19. The van der Waals surface area contributed by atoms with E-state index < -0.39 is 6.10 Å². The molecule has 2 aromatic heterocycles. The minimum atomic E-state index is -0.528. The lowest BCUT2D eigenvalue weighted by molar-refractivity contribution is 0.148. The van der Waals surface area contributed by atoms with E-state index in [1.54, 1.807) is 12.4 Å². The number of nitrogens with one attached hydrogen (secondary N) is 1. The van der Waals surface area contributed by atoms with Crippen molar-refractivity contribution in [1.29, 1.82) is 0 Å². The van der Waals surface area contributed by atoms with Crippen LogP contribution in [0.25, 0.3) is 11.4 Å². The summed E-state index contributed by atoms with van der Waals surface area (Å²) in [6.07, 6.45) is 4.44. The Hall–Kier alpha value is -1.75. The summed E-state index contributed by atoms with van der Waals surface area (Å²) >= 11 is 0. The Labute approximate surface area is 113 Å². The SMILES string of the molecule is CC(C)(C)CC[C@H](O)c1cccnc1-c1cn[nH]n1. The lowest BCUT2D eigenvalue weighted by atomic mass is 9.87. The second kappa shape index (κ2) is 5.48. The highest BCUT2D eigenvalue weighted by Crippen LogP contribution is 2.30. The topological polar surface area (TPSA) is 74.7 Å². The molecule has 0 aliphatic carbocycles. The van der Waals surface area contributed by atoms with Crippen LogP contribution in [0.15, 0.2) is 24.5 Å². The molecule has 2 N–H and O–H groups in total. The first-order valence-corrected chi connectivity index (χ1v) is 6.46. The van der Waals surface area contributed by atoms with Gasteiger partial charge in [-0.25, -0.2) is 0 Å². The normalized spacial score (nSPS) is 13.5. The van der Waals surface area contributed by atoms with Crippen LogP contribution in [0.1, 0.15) is 45.3 Å². The number of aromatic amines is 1. The van der Waals surface area contributed by atoms with Crippen LogP contribution in [-0.4, -0.2) is 25.5 Å². The number of aromatic nitrogens is 4. The number of hydrogen-bond donors (Lipinski definition) is 2. The van der Waals surface area contributed by atoms with E-state index in [0.717, 1.165) is 12.0 Å². The van der Waals surface area contributed by atoms with Gasteiger partial charge >= 0.3 is 0 Å². The lowest BCUT2D eigenvalue weighted by Gasteiger charge is -2.21. The Morgan fingerprint density at radius 1 is 1.37 bits per heavy atom. The van der Waals surface area contributed by atoms with E-state index in [0.29, 0.717) is 17.8 Å². The quantitative estimate of drug-likeness (QED) is 0.886. The van der Waals surface area contributed by atoms with Crippen LogP contribution in [-0.2, 0) is 0 Å². The molecule has 0 aromatic carbocycles. The summed E-state index contributed by atoms with van der Waals surface area (Å²) in [4.78, 5) is 4.30. The zero-order chi connectivity index (χ0) is 13.9. The van der Waals surface area contributed by atoms with Crippen molar-refractivity contribution in [2.24, 2.45) is 5.41 Å². The molecule has 2 aromatic rings. The molecular weight excluding hydrogens is 240 g/mol. The van der Waals surface area contributed by atoms with E-state index in [4.69, 9.17) is 0 Å². The molecule has 0 unspecified atom stereocenters. The second-order valence-corrected chi connectivity index (χ2v) is 5.91. The smallest absolute Gasteiger partial charge is 0.131 e. The average molecular weight is 260 g/mol. The van der Waals surface area contributed by atoms with E-state index in [1.165, 1.54) is 0 Å². The summed E-state index contributed by atoms with van der Waals surface area (Å²) in [5.41, 5.74) is 2.36. The summed E-state index contributed by atoms with van der Waals surface area (Å²) < 4.78 is 0. The molecular formula is C14H20N4O. The molecule has 2 rings (SSSR count). The summed E-state index contributed by atoms with van der Waals surface area (Å²) in [5.74, 6) is 0. The van der Waals surface area contributed by atoms with Crippen molar-refractivity contribution in [1.82, 2.24) is 20.4 Å². The molecule has 0 radical (unpaired) electrons. The standard InChI is InChI=1S/C14H20N4O/c1-14(2,3)7-6-12(19)10-5-4-8-15-13(10)11-9-16-18-17-11/h4-5,8-9,12,19H,6-7H2,1-3H3,(H,16,17,18)/t12-/m0/s1. The summed E-state index contributed by atoms with van der Waals surface area (Å²) in [7, 11) is 0. The summed E-state index contributed by atoms with van der Waals surface area (Å²) in [6.45, 7) is 6.50. The largest absolute Gasteiger partial charge is 0.388 e. The van der Waals surface area contributed by atoms with Crippen molar-refractivity contribution >= 4 is 0 Å². The zero-order valence-corrected chi connectivity index (χ0v) is 11.6. The van der Waals surface area contributed by atoms with E-state index >= 15 is 0 Å². The van der Waals surface area contributed by atoms with Crippen LogP contribution < -0.4 is 0 Å². The maximum atomic E-state index is 10.4. The molecule has 19 heavy (non-hydrogen) atoms. The highest BCUT2D eigenvalue weighted by molar-refractivity contribution is 5.57. The van der Waals surface area contributed by atoms with Crippen LogP contribution >= 0.6 is 0 Å². The van der Waals surface area contributed by atoms with Crippen LogP contribution in [0.3, 0.4) is 0 Å².